The number of aryl methyl sites for hydroxylation is 3. The highest BCUT2D eigenvalue weighted by Gasteiger charge is 2.28. The smallest absolute Gasteiger partial charge is 0.260 e. The van der Waals surface area contributed by atoms with E-state index in [0.717, 1.165) is 66.4 Å². The van der Waals surface area contributed by atoms with Gasteiger partial charge in [-0.2, -0.15) is 0 Å². The summed E-state index contributed by atoms with van der Waals surface area (Å²) in [5, 5.41) is 2.57. The van der Waals surface area contributed by atoms with Crippen LogP contribution in [0.5, 0.6) is 0 Å². The maximum Gasteiger partial charge on any atom is 0.260 e. The Balaban J connectivity index is 0.000000239. The Morgan fingerprint density at radius 1 is 0.861 bits per heavy atom. The van der Waals surface area contributed by atoms with Crippen LogP contribution in [-0.4, -0.2) is 48.1 Å². The Kier molecular flexibility index (Phi) is 7.38. The maximum atomic E-state index is 12.2. The van der Waals surface area contributed by atoms with Gasteiger partial charge < -0.3 is 18.6 Å². The van der Waals surface area contributed by atoms with E-state index in [9.17, 15) is 9.59 Å². The zero-order chi connectivity index (χ0) is 26.3. The number of nitrogens with zero attached hydrogens (tertiary/aromatic N) is 6. The van der Waals surface area contributed by atoms with Crippen LogP contribution in [0.4, 0.5) is 0 Å². The summed E-state index contributed by atoms with van der Waals surface area (Å²) < 4.78 is 17.1. The first kappa shape index (κ1) is 26.1. The molecule has 0 saturated carbocycles. The third-order valence-corrected chi connectivity index (χ3v) is 7.29. The van der Waals surface area contributed by atoms with Gasteiger partial charge in [0, 0.05) is 66.8 Å². The first-order chi connectivity index (χ1) is 17.2. The topological polar surface area (TPSA) is 78.0 Å². The summed E-state index contributed by atoms with van der Waals surface area (Å²) in [7, 11) is 7.49. The molecule has 0 N–H and O–H groups in total. The highest BCUT2D eigenvalue weighted by atomic mass is 79.9. The fourth-order valence-electron chi connectivity index (χ4n) is 4.57. The molecule has 0 aromatic carbocycles. The van der Waals surface area contributed by atoms with Crippen LogP contribution in [0.25, 0.3) is 33.0 Å². The third-order valence-electron chi connectivity index (χ3n) is 6.40. The molecule has 192 valence electrons. The van der Waals surface area contributed by atoms with E-state index in [1.807, 2.05) is 60.6 Å². The standard InChI is InChI=1S/C12H12BrN3O.C12H10BrN3O.2CH4.H2/c2*1-15-6-5-8-10(12(15)17)7-3-4-9(13)14-11(7)16(8)2;;;/h3-4H,5-6H2,1-2H3;3-6H,1-2H3;2*1H4;1H/i;;;;1+1D. The number of rotatable bonds is 0. The number of amides is 1. The number of hydrogen-bond acceptors (Lipinski definition) is 4. The molecule has 0 spiro atoms. The van der Waals surface area contributed by atoms with Crippen LogP contribution in [0.3, 0.4) is 0 Å². The third kappa shape index (κ3) is 4.26. The van der Waals surface area contributed by atoms with Gasteiger partial charge in [-0.3, -0.25) is 9.59 Å². The predicted molar refractivity (Wildman–Crippen MR) is 156 cm³/mol. The van der Waals surface area contributed by atoms with Crippen LogP contribution in [-0.2, 0) is 27.6 Å². The first-order valence-electron chi connectivity index (χ1n) is 11.7. The first-order valence-corrected chi connectivity index (χ1v) is 12.3. The lowest BCUT2D eigenvalue weighted by Crippen LogP contribution is -2.34. The van der Waals surface area contributed by atoms with Crippen molar-refractivity contribution in [1.29, 1.82) is 0 Å². The van der Waals surface area contributed by atoms with E-state index in [4.69, 9.17) is 2.97 Å². The molecule has 5 aromatic rings. The van der Waals surface area contributed by atoms with Crippen LogP contribution in [0.2, 0.25) is 0 Å². The number of likely N-dealkylation sites (N-methyl/N-ethyl adjacent to an activating group) is 1. The van der Waals surface area contributed by atoms with Gasteiger partial charge in [0.25, 0.3) is 11.5 Å². The van der Waals surface area contributed by atoms with Gasteiger partial charge in [0.1, 0.15) is 20.5 Å². The fraction of sp³-hybridized carbons (Fsp3) is 0.308. The quantitative estimate of drug-likeness (QED) is 0.209. The average Bonchev–Trinajstić information content (AvgIpc) is 3.32. The number of pyridine rings is 3. The number of fused-ring (bicyclic) bond motifs is 6. The minimum Gasteiger partial charge on any atom is -0.341 e. The van der Waals surface area contributed by atoms with Crippen molar-refractivity contribution < 1.29 is 7.76 Å². The van der Waals surface area contributed by atoms with Crippen molar-refractivity contribution in [3.63, 3.8) is 0 Å². The molecule has 36 heavy (non-hydrogen) atoms. The lowest BCUT2D eigenvalue weighted by Gasteiger charge is -2.23. The normalized spacial score (nSPS) is 12.9. The molecule has 1 aliphatic heterocycles. The summed E-state index contributed by atoms with van der Waals surface area (Å²) in [6.45, 7) is 0.775. The van der Waals surface area contributed by atoms with Gasteiger partial charge in [0.2, 0.25) is 0 Å². The molecule has 0 saturated heterocycles. The molecular formula is C26H32Br2N6O2. The maximum absolute atomic E-state index is 12.2. The van der Waals surface area contributed by atoms with Crippen LogP contribution in [0, 0.1) is 0 Å². The number of carbonyl (C=O) groups excluding carboxylic acids is 1. The molecule has 10 heteroatoms. The zero-order valence-corrected chi connectivity index (χ0v) is 22.3. The molecule has 0 atom stereocenters. The molecule has 6 heterocycles. The van der Waals surface area contributed by atoms with E-state index in [-0.39, 0.29) is 26.3 Å². The minimum atomic E-state index is 0. The fourth-order valence-corrected chi connectivity index (χ4v) is 5.17. The van der Waals surface area contributed by atoms with Crippen molar-refractivity contribution >= 4 is 70.7 Å². The second-order valence-electron chi connectivity index (χ2n) is 8.42. The SMILES string of the molecule is C.C.CN1CCc2c(c3ccc(Br)nc3n2C)C1=O.Cn1ccc2c(c1=O)c1ccc(Br)nc1n2C.[2H][2H]. The second-order valence-corrected chi connectivity index (χ2v) is 10.0. The Hall–Kier alpha value is -2.98. The largest absolute Gasteiger partial charge is 0.341 e. The van der Waals surface area contributed by atoms with Gasteiger partial charge in [-0.1, -0.05) is 14.9 Å². The van der Waals surface area contributed by atoms with Crippen molar-refractivity contribution in [2.45, 2.75) is 21.3 Å². The summed E-state index contributed by atoms with van der Waals surface area (Å²) in [5.41, 5.74) is 4.52. The molecule has 0 fully saturated rings. The van der Waals surface area contributed by atoms with Crippen molar-refractivity contribution in [2.24, 2.45) is 21.1 Å². The molecule has 0 bridgehead atoms. The monoisotopic (exact) mass is 620 g/mol. The lowest BCUT2D eigenvalue weighted by molar-refractivity contribution is 0.0781. The van der Waals surface area contributed by atoms with Crippen LogP contribution in [0.1, 0.15) is 33.9 Å². The van der Waals surface area contributed by atoms with E-state index in [0.29, 0.717) is 0 Å². The van der Waals surface area contributed by atoms with E-state index in [2.05, 4.69) is 41.8 Å². The van der Waals surface area contributed by atoms with Gasteiger partial charge in [-0.05, 0) is 62.2 Å². The van der Waals surface area contributed by atoms with Gasteiger partial charge in [-0.15, -0.1) is 0 Å². The Labute approximate surface area is 229 Å². The molecule has 6 rings (SSSR count). The van der Waals surface area contributed by atoms with Crippen molar-refractivity contribution in [2.75, 3.05) is 13.6 Å². The Morgan fingerprint density at radius 2 is 1.44 bits per heavy atom. The van der Waals surface area contributed by atoms with Crippen LogP contribution >= 0.6 is 31.9 Å². The zero-order valence-electron chi connectivity index (χ0n) is 21.1. The molecule has 0 radical (unpaired) electrons. The number of aromatic nitrogens is 5. The summed E-state index contributed by atoms with van der Waals surface area (Å²) in [6.07, 6.45) is 2.67. The van der Waals surface area contributed by atoms with Gasteiger partial charge in [-0.25, -0.2) is 9.97 Å². The van der Waals surface area contributed by atoms with Crippen LogP contribution in [0.15, 0.2) is 50.5 Å². The molecule has 5 aromatic heterocycles. The summed E-state index contributed by atoms with van der Waals surface area (Å²) in [5.74, 6) is 0.0981. The Bertz CT molecular complexity index is 1690. The molecule has 0 unspecified atom stereocenters. The summed E-state index contributed by atoms with van der Waals surface area (Å²) in [4.78, 5) is 35.0. The molecule has 1 aliphatic rings. The second kappa shape index (κ2) is 10.2. The van der Waals surface area contributed by atoms with Gasteiger partial charge >= 0.3 is 0 Å². The molecule has 8 nitrogen and oxygen atoms in total. The van der Waals surface area contributed by atoms with E-state index >= 15 is 0 Å². The van der Waals surface area contributed by atoms with Gasteiger partial charge in [0.15, 0.2) is 0 Å². The van der Waals surface area contributed by atoms with Crippen molar-refractivity contribution in [1.82, 2.24) is 28.6 Å². The Morgan fingerprint density at radius 3 is 2.08 bits per heavy atom. The van der Waals surface area contributed by atoms with E-state index in [1.165, 1.54) is 0 Å². The van der Waals surface area contributed by atoms with Crippen LogP contribution < -0.4 is 5.56 Å². The molecular weight excluding hydrogens is 588 g/mol. The number of carbonyl (C=O) groups is 1. The summed E-state index contributed by atoms with van der Waals surface area (Å²) in [6, 6.07) is 9.56. The number of halogens is 2. The summed E-state index contributed by atoms with van der Waals surface area (Å²) >= 11 is 6.72. The van der Waals surface area contributed by atoms with Crippen molar-refractivity contribution in [3.05, 3.63) is 67.3 Å². The number of hydrogen-bond donors (Lipinski definition) is 0. The van der Waals surface area contributed by atoms with E-state index in [1.54, 1.807) is 22.7 Å². The highest BCUT2D eigenvalue weighted by molar-refractivity contribution is 9.10. The molecule has 1 amide bonds. The van der Waals surface area contributed by atoms with Crippen molar-refractivity contribution in [3.8, 4) is 0 Å². The van der Waals surface area contributed by atoms with Gasteiger partial charge in [0.05, 0.1) is 16.5 Å². The van der Waals surface area contributed by atoms with E-state index < -0.39 is 0 Å². The predicted octanol–water partition coefficient (Wildman–Crippen LogP) is 5.67. The minimum absolute atomic E-state index is 0. The lowest BCUT2D eigenvalue weighted by atomic mass is 10.1. The average molecular weight is 622 g/mol. The molecule has 0 aliphatic carbocycles. The highest BCUT2D eigenvalue weighted by Crippen LogP contribution is 2.29.